The van der Waals surface area contributed by atoms with Gasteiger partial charge in [-0.15, -0.1) is 0 Å². The van der Waals surface area contributed by atoms with Gasteiger partial charge in [0.2, 0.25) is 5.95 Å². The molecule has 1 aromatic heterocycles. The van der Waals surface area contributed by atoms with Crippen LogP contribution in [0, 0.1) is 0 Å². The second-order valence-electron chi connectivity index (χ2n) is 5.52. The zero-order chi connectivity index (χ0) is 19.3. The molecule has 140 valence electrons. The monoisotopic (exact) mass is 374 g/mol. The molecule has 1 heterocycles. The van der Waals surface area contributed by atoms with E-state index in [-0.39, 0.29) is 17.5 Å². The van der Waals surface area contributed by atoms with Gasteiger partial charge in [0.05, 0.1) is 17.9 Å². The molecule has 0 saturated carbocycles. The zero-order valence-electron chi connectivity index (χ0n) is 14.4. The van der Waals surface area contributed by atoms with Crippen LogP contribution in [0.4, 0.5) is 36.3 Å². The molecular formula is C19H17F3N4O. The van der Waals surface area contributed by atoms with Crippen molar-refractivity contribution in [2.45, 2.75) is 13.1 Å². The fourth-order valence-electron chi connectivity index (χ4n) is 2.40. The first-order valence-corrected chi connectivity index (χ1v) is 8.22. The van der Waals surface area contributed by atoms with Gasteiger partial charge >= 0.3 is 6.18 Å². The van der Waals surface area contributed by atoms with Gasteiger partial charge in [-0.3, -0.25) is 0 Å². The number of para-hydroxylation sites is 1. The van der Waals surface area contributed by atoms with Gasteiger partial charge < -0.3 is 15.4 Å². The number of ether oxygens (including phenoxy) is 1. The van der Waals surface area contributed by atoms with Crippen molar-refractivity contribution in [3.8, 4) is 5.75 Å². The van der Waals surface area contributed by atoms with Crippen LogP contribution >= 0.6 is 0 Å². The summed E-state index contributed by atoms with van der Waals surface area (Å²) in [4.78, 5) is 8.30. The molecule has 27 heavy (non-hydrogen) atoms. The number of nitrogens with zero attached hydrogens (tertiary/aromatic N) is 2. The molecule has 0 saturated heterocycles. The van der Waals surface area contributed by atoms with E-state index in [0.717, 1.165) is 17.5 Å². The van der Waals surface area contributed by atoms with Crippen LogP contribution in [0.25, 0.3) is 0 Å². The smallest absolute Gasteiger partial charge is 0.418 e. The third kappa shape index (κ3) is 4.87. The third-order valence-electron chi connectivity index (χ3n) is 3.57. The lowest BCUT2D eigenvalue weighted by Gasteiger charge is -2.14. The first kappa shape index (κ1) is 18.5. The van der Waals surface area contributed by atoms with Gasteiger partial charge in [0.25, 0.3) is 0 Å². The number of halogens is 3. The Bertz CT molecular complexity index is 898. The Kier molecular flexibility index (Phi) is 5.44. The highest BCUT2D eigenvalue weighted by Gasteiger charge is 2.33. The molecule has 3 rings (SSSR count). The molecule has 0 unspecified atom stereocenters. The summed E-state index contributed by atoms with van der Waals surface area (Å²) in [6.07, 6.45) is -3.00. The predicted molar refractivity (Wildman–Crippen MR) is 97.7 cm³/mol. The Hall–Kier alpha value is -3.29. The lowest BCUT2D eigenvalue weighted by Crippen LogP contribution is -2.09. The number of anilines is 4. The summed E-state index contributed by atoms with van der Waals surface area (Å²) in [6.45, 7) is 2.47. The Balaban J connectivity index is 1.77. The number of alkyl halides is 3. The molecule has 5 nitrogen and oxygen atoms in total. The molecule has 0 bridgehead atoms. The van der Waals surface area contributed by atoms with Gasteiger partial charge in [-0.1, -0.05) is 12.1 Å². The molecule has 0 aliphatic carbocycles. The SMILES string of the molecule is CCOc1ccc(Nc2nccc(Nc3ccccc3C(F)(F)F)n2)cc1. The summed E-state index contributed by atoms with van der Waals surface area (Å²) >= 11 is 0. The largest absolute Gasteiger partial charge is 0.494 e. The van der Waals surface area contributed by atoms with Crippen molar-refractivity contribution in [2.75, 3.05) is 17.2 Å². The van der Waals surface area contributed by atoms with E-state index in [1.165, 1.54) is 30.5 Å². The Morgan fingerprint density at radius 3 is 2.41 bits per heavy atom. The van der Waals surface area contributed by atoms with Crippen LogP contribution in [0.2, 0.25) is 0 Å². The van der Waals surface area contributed by atoms with Gasteiger partial charge in [0, 0.05) is 11.9 Å². The minimum Gasteiger partial charge on any atom is -0.494 e. The number of aromatic nitrogens is 2. The van der Waals surface area contributed by atoms with Crippen LogP contribution in [0.15, 0.2) is 60.8 Å². The van der Waals surface area contributed by atoms with Crippen molar-refractivity contribution < 1.29 is 17.9 Å². The van der Waals surface area contributed by atoms with E-state index in [9.17, 15) is 13.2 Å². The molecule has 0 amide bonds. The fraction of sp³-hybridized carbons (Fsp3) is 0.158. The maximum Gasteiger partial charge on any atom is 0.418 e. The van der Waals surface area contributed by atoms with Gasteiger partial charge in [-0.2, -0.15) is 18.2 Å². The average Bonchev–Trinajstić information content (AvgIpc) is 2.63. The fourth-order valence-corrected chi connectivity index (χ4v) is 2.40. The van der Waals surface area contributed by atoms with Crippen molar-refractivity contribution in [3.05, 3.63) is 66.4 Å². The van der Waals surface area contributed by atoms with Crippen molar-refractivity contribution in [3.63, 3.8) is 0 Å². The van der Waals surface area contributed by atoms with Gasteiger partial charge in [-0.05, 0) is 49.4 Å². The summed E-state index contributed by atoms with van der Waals surface area (Å²) in [5, 5.41) is 5.70. The first-order chi connectivity index (χ1) is 13.0. The molecular weight excluding hydrogens is 357 g/mol. The standard InChI is InChI=1S/C19H17F3N4O/c1-2-27-14-9-7-13(8-10-14)24-18-23-12-11-17(26-18)25-16-6-4-3-5-15(16)19(20,21)22/h3-12H,2H2,1H3,(H2,23,24,25,26). The molecule has 2 N–H and O–H groups in total. The number of rotatable bonds is 6. The Morgan fingerprint density at radius 2 is 1.70 bits per heavy atom. The van der Waals surface area contributed by atoms with Crippen molar-refractivity contribution >= 4 is 23.1 Å². The van der Waals surface area contributed by atoms with E-state index in [1.807, 2.05) is 6.92 Å². The highest BCUT2D eigenvalue weighted by molar-refractivity contribution is 5.63. The molecule has 0 radical (unpaired) electrons. The van der Waals surface area contributed by atoms with Crippen molar-refractivity contribution in [1.29, 1.82) is 0 Å². The predicted octanol–water partition coefficient (Wildman–Crippen LogP) is 5.38. The second kappa shape index (κ2) is 7.94. The molecule has 0 spiro atoms. The van der Waals surface area contributed by atoms with E-state index >= 15 is 0 Å². The lowest BCUT2D eigenvalue weighted by molar-refractivity contribution is -0.136. The van der Waals surface area contributed by atoms with Gasteiger partial charge in [0.15, 0.2) is 0 Å². The van der Waals surface area contributed by atoms with Crippen LogP contribution in [0.1, 0.15) is 12.5 Å². The molecule has 8 heteroatoms. The highest BCUT2D eigenvalue weighted by atomic mass is 19.4. The molecule has 0 aliphatic heterocycles. The van der Waals surface area contributed by atoms with Crippen LogP contribution in [0.3, 0.4) is 0 Å². The summed E-state index contributed by atoms with van der Waals surface area (Å²) < 4.78 is 44.7. The highest BCUT2D eigenvalue weighted by Crippen LogP contribution is 2.35. The average molecular weight is 374 g/mol. The Labute approximate surface area is 154 Å². The third-order valence-corrected chi connectivity index (χ3v) is 3.57. The zero-order valence-corrected chi connectivity index (χ0v) is 14.4. The summed E-state index contributed by atoms with van der Waals surface area (Å²) in [7, 11) is 0. The minimum absolute atomic E-state index is 0.0734. The molecule has 3 aromatic rings. The minimum atomic E-state index is -4.46. The van der Waals surface area contributed by atoms with Crippen LogP contribution in [0.5, 0.6) is 5.75 Å². The van der Waals surface area contributed by atoms with Gasteiger partial charge in [-0.25, -0.2) is 4.98 Å². The molecule has 2 aromatic carbocycles. The quantitative estimate of drug-likeness (QED) is 0.606. The van der Waals surface area contributed by atoms with E-state index in [0.29, 0.717) is 6.61 Å². The van der Waals surface area contributed by atoms with E-state index in [4.69, 9.17) is 4.74 Å². The summed E-state index contributed by atoms with van der Waals surface area (Å²) in [5.74, 6) is 1.24. The van der Waals surface area contributed by atoms with E-state index in [2.05, 4.69) is 20.6 Å². The Morgan fingerprint density at radius 1 is 0.963 bits per heavy atom. The number of hydrogen-bond acceptors (Lipinski definition) is 5. The van der Waals surface area contributed by atoms with Crippen LogP contribution in [-0.4, -0.2) is 16.6 Å². The number of nitrogens with one attached hydrogen (secondary N) is 2. The van der Waals surface area contributed by atoms with E-state index < -0.39 is 11.7 Å². The molecule has 0 atom stereocenters. The molecule has 0 fully saturated rings. The lowest BCUT2D eigenvalue weighted by atomic mass is 10.1. The number of hydrogen-bond donors (Lipinski definition) is 2. The molecule has 0 aliphatic rings. The number of benzene rings is 2. The normalized spacial score (nSPS) is 11.1. The first-order valence-electron chi connectivity index (χ1n) is 8.22. The van der Waals surface area contributed by atoms with Crippen molar-refractivity contribution in [2.24, 2.45) is 0 Å². The van der Waals surface area contributed by atoms with Crippen LogP contribution < -0.4 is 15.4 Å². The summed E-state index contributed by atoms with van der Waals surface area (Å²) in [6, 6.07) is 13.9. The summed E-state index contributed by atoms with van der Waals surface area (Å²) in [5.41, 5.74) is -0.105. The van der Waals surface area contributed by atoms with Gasteiger partial charge in [0.1, 0.15) is 11.6 Å². The topological polar surface area (TPSA) is 59.1 Å². The van der Waals surface area contributed by atoms with Crippen LogP contribution in [-0.2, 0) is 6.18 Å². The maximum absolute atomic E-state index is 13.1. The maximum atomic E-state index is 13.1. The van der Waals surface area contributed by atoms with E-state index in [1.54, 1.807) is 24.3 Å². The van der Waals surface area contributed by atoms with Crippen molar-refractivity contribution in [1.82, 2.24) is 9.97 Å². The second-order valence-corrected chi connectivity index (χ2v) is 5.52.